The highest BCUT2D eigenvalue weighted by Crippen LogP contribution is 2.33. The zero-order valence-electron chi connectivity index (χ0n) is 10.5. The third-order valence-corrected chi connectivity index (χ3v) is 3.03. The minimum absolute atomic E-state index is 0.204. The van der Waals surface area contributed by atoms with E-state index in [-0.39, 0.29) is 5.69 Å². The number of rotatable bonds is 1. The number of nitriles is 1. The van der Waals surface area contributed by atoms with E-state index in [9.17, 15) is 13.2 Å². The van der Waals surface area contributed by atoms with Gasteiger partial charge in [-0.2, -0.15) is 18.4 Å². The highest BCUT2D eigenvalue weighted by molar-refractivity contribution is 5.76. The average Bonchev–Trinajstić information content (AvgIpc) is 2.89. The number of hydrogen-bond donors (Lipinski definition) is 0. The first-order chi connectivity index (χ1) is 10.0. The summed E-state index contributed by atoms with van der Waals surface area (Å²) in [4.78, 5) is 0. The van der Waals surface area contributed by atoms with Gasteiger partial charge in [-0.15, -0.1) is 5.10 Å². The Bertz CT molecular complexity index is 859. The fourth-order valence-electron chi connectivity index (χ4n) is 2.06. The van der Waals surface area contributed by atoms with Crippen LogP contribution in [-0.4, -0.2) is 15.0 Å². The molecule has 0 aliphatic heterocycles. The number of fused-ring (bicyclic) bond motifs is 1. The first-order valence-corrected chi connectivity index (χ1v) is 5.93. The summed E-state index contributed by atoms with van der Waals surface area (Å²) in [5.41, 5.74) is -0.0291. The van der Waals surface area contributed by atoms with Crippen LogP contribution in [0, 0.1) is 11.3 Å². The number of hydrogen-bond acceptors (Lipinski definition) is 3. The molecule has 0 aliphatic rings. The zero-order chi connectivity index (χ0) is 15.0. The van der Waals surface area contributed by atoms with Crippen LogP contribution >= 0.6 is 0 Å². The Morgan fingerprint density at radius 2 is 1.86 bits per heavy atom. The summed E-state index contributed by atoms with van der Waals surface area (Å²) in [6.45, 7) is 0. The van der Waals surface area contributed by atoms with Crippen molar-refractivity contribution in [3.63, 3.8) is 0 Å². The first-order valence-electron chi connectivity index (χ1n) is 5.93. The maximum absolute atomic E-state index is 13.0. The van der Waals surface area contributed by atoms with Gasteiger partial charge in [0, 0.05) is 0 Å². The van der Waals surface area contributed by atoms with Crippen molar-refractivity contribution in [1.82, 2.24) is 15.0 Å². The molecule has 3 rings (SSSR count). The normalized spacial score (nSPS) is 11.5. The summed E-state index contributed by atoms with van der Waals surface area (Å²) >= 11 is 0. The second kappa shape index (κ2) is 4.59. The lowest BCUT2D eigenvalue weighted by atomic mass is 10.1. The molecule has 7 heteroatoms. The number of halogens is 3. The monoisotopic (exact) mass is 288 g/mol. The van der Waals surface area contributed by atoms with Gasteiger partial charge in [0.15, 0.2) is 0 Å². The van der Waals surface area contributed by atoms with Crippen molar-refractivity contribution in [3.05, 3.63) is 53.6 Å². The predicted octanol–water partition coefficient (Wildman–Crippen LogP) is 3.31. The molecule has 0 bridgehead atoms. The fourth-order valence-corrected chi connectivity index (χ4v) is 2.06. The van der Waals surface area contributed by atoms with Crippen molar-refractivity contribution >= 4 is 11.0 Å². The lowest BCUT2D eigenvalue weighted by Crippen LogP contribution is -2.09. The molecule has 1 aromatic heterocycles. The van der Waals surface area contributed by atoms with Crippen LogP contribution in [0.15, 0.2) is 42.5 Å². The molecule has 0 radical (unpaired) electrons. The summed E-state index contributed by atoms with van der Waals surface area (Å²) < 4.78 is 40.2. The van der Waals surface area contributed by atoms with E-state index >= 15 is 0 Å². The molecule has 104 valence electrons. The van der Waals surface area contributed by atoms with E-state index in [0.717, 1.165) is 12.1 Å². The van der Waals surface area contributed by atoms with Gasteiger partial charge in [0.05, 0.1) is 28.4 Å². The quantitative estimate of drug-likeness (QED) is 0.690. The van der Waals surface area contributed by atoms with E-state index in [1.165, 1.54) is 10.7 Å². The largest absolute Gasteiger partial charge is 0.417 e. The van der Waals surface area contributed by atoms with Gasteiger partial charge in [-0.25, -0.2) is 4.68 Å². The van der Waals surface area contributed by atoms with Crippen LogP contribution < -0.4 is 0 Å². The molecule has 1 heterocycles. The summed E-state index contributed by atoms with van der Waals surface area (Å²) in [5.74, 6) is 0. The Morgan fingerprint density at radius 1 is 1.10 bits per heavy atom. The van der Waals surface area contributed by atoms with E-state index in [2.05, 4.69) is 10.3 Å². The van der Waals surface area contributed by atoms with Crippen LogP contribution in [0.3, 0.4) is 0 Å². The van der Waals surface area contributed by atoms with Crippen LogP contribution in [0.4, 0.5) is 13.2 Å². The maximum Gasteiger partial charge on any atom is 0.417 e. The Kier molecular flexibility index (Phi) is 2.87. The average molecular weight is 288 g/mol. The van der Waals surface area contributed by atoms with Crippen molar-refractivity contribution < 1.29 is 13.2 Å². The number of nitrogens with zero attached hydrogens (tertiary/aromatic N) is 4. The van der Waals surface area contributed by atoms with Gasteiger partial charge in [0.1, 0.15) is 5.52 Å². The van der Waals surface area contributed by atoms with Crippen LogP contribution in [0.25, 0.3) is 16.7 Å². The molecule has 0 aliphatic carbocycles. The Labute approximate surface area is 117 Å². The molecule has 0 N–H and O–H groups in total. The highest BCUT2D eigenvalue weighted by atomic mass is 19.4. The number of alkyl halides is 3. The summed E-state index contributed by atoms with van der Waals surface area (Å²) in [7, 11) is 0. The zero-order valence-corrected chi connectivity index (χ0v) is 10.5. The number of aromatic nitrogens is 3. The molecule has 0 saturated heterocycles. The Balaban J connectivity index is 2.23. The van der Waals surface area contributed by atoms with Crippen molar-refractivity contribution in [3.8, 4) is 11.8 Å². The van der Waals surface area contributed by atoms with Gasteiger partial charge < -0.3 is 0 Å². The van der Waals surface area contributed by atoms with Crippen LogP contribution in [0.5, 0.6) is 0 Å². The molecule has 2 aromatic carbocycles. The topological polar surface area (TPSA) is 54.5 Å². The van der Waals surface area contributed by atoms with Crippen molar-refractivity contribution in [2.75, 3.05) is 0 Å². The van der Waals surface area contributed by atoms with E-state index in [1.54, 1.807) is 30.3 Å². The third kappa shape index (κ3) is 2.21. The molecular formula is C14H7F3N4. The maximum atomic E-state index is 13.0. The van der Waals surface area contributed by atoms with Crippen LogP contribution in [0.2, 0.25) is 0 Å². The number of para-hydroxylation sites is 1. The van der Waals surface area contributed by atoms with E-state index < -0.39 is 17.3 Å². The standard InChI is InChI=1S/C14H7F3N4/c15-14(16,17)11-7-10(6-5-9(11)8-18)21-13-4-2-1-3-12(13)19-20-21/h1-7H. The molecule has 4 nitrogen and oxygen atoms in total. The number of benzene rings is 2. The van der Waals surface area contributed by atoms with Crippen molar-refractivity contribution in [2.45, 2.75) is 6.18 Å². The van der Waals surface area contributed by atoms with Gasteiger partial charge in [-0.05, 0) is 30.3 Å². The predicted molar refractivity (Wildman–Crippen MR) is 68.6 cm³/mol. The van der Waals surface area contributed by atoms with Gasteiger partial charge in [0.25, 0.3) is 0 Å². The molecule has 0 amide bonds. The summed E-state index contributed by atoms with van der Waals surface area (Å²) in [6, 6.07) is 11.9. The summed E-state index contributed by atoms with van der Waals surface area (Å²) in [6.07, 6.45) is -4.60. The Morgan fingerprint density at radius 3 is 2.57 bits per heavy atom. The first kappa shape index (κ1) is 13.1. The minimum atomic E-state index is -4.60. The second-order valence-electron chi connectivity index (χ2n) is 4.33. The molecule has 0 unspecified atom stereocenters. The highest BCUT2D eigenvalue weighted by Gasteiger charge is 2.34. The van der Waals surface area contributed by atoms with Gasteiger partial charge in [-0.1, -0.05) is 17.3 Å². The van der Waals surface area contributed by atoms with E-state index in [4.69, 9.17) is 5.26 Å². The molecular weight excluding hydrogens is 281 g/mol. The minimum Gasteiger partial charge on any atom is -0.213 e. The van der Waals surface area contributed by atoms with Crippen LogP contribution in [-0.2, 0) is 6.18 Å². The molecule has 0 fully saturated rings. The molecule has 0 atom stereocenters. The van der Waals surface area contributed by atoms with E-state index in [1.807, 2.05) is 0 Å². The molecule has 3 aromatic rings. The second-order valence-corrected chi connectivity index (χ2v) is 4.33. The van der Waals surface area contributed by atoms with E-state index in [0.29, 0.717) is 11.0 Å². The van der Waals surface area contributed by atoms with Crippen molar-refractivity contribution in [1.29, 1.82) is 5.26 Å². The smallest absolute Gasteiger partial charge is 0.213 e. The lowest BCUT2D eigenvalue weighted by molar-refractivity contribution is -0.137. The molecule has 0 saturated carbocycles. The lowest BCUT2D eigenvalue weighted by Gasteiger charge is -2.10. The summed E-state index contributed by atoms with van der Waals surface area (Å²) in [5, 5.41) is 16.5. The fraction of sp³-hybridized carbons (Fsp3) is 0.0714. The third-order valence-electron chi connectivity index (χ3n) is 3.03. The van der Waals surface area contributed by atoms with Crippen LogP contribution in [0.1, 0.15) is 11.1 Å². The van der Waals surface area contributed by atoms with Gasteiger partial charge in [0.2, 0.25) is 0 Å². The SMILES string of the molecule is N#Cc1ccc(-n2nnc3ccccc32)cc1C(F)(F)F. The molecule has 21 heavy (non-hydrogen) atoms. The van der Waals surface area contributed by atoms with Crippen molar-refractivity contribution in [2.24, 2.45) is 0 Å². The van der Waals surface area contributed by atoms with Gasteiger partial charge >= 0.3 is 6.18 Å². The van der Waals surface area contributed by atoms with Gasteiger partial charge in [-0.3, -0.25) is 0 Å². The molecule has 0 spiro atoms. The Hall–Kier alpha value is -2.88.